The van der Waals surface area contributed by atoms with Crippen molar-refractivity contribution in [2.45, 2.75) is 44.6 Å². The molecule has 1 fully saturated rings. The molecule has 9 nitrogen and oxygen atoms in total. The first-order chi connectivity index (χ1) is 14.7. The lowest BCUT2D eigenvalue weighted by atomic mass is 9.99. The number of nitrogens with zero attached hydrogens (tertiary/aromatic N) is 6. The number of H-pyrrole nitrogens is 1. The van der Waals surface area contributed by atoms with Gasteiger partial charge in [0, 0.05) is 30.8 Å². The number of imidazole rings is 1. The average molecular weight is 403 g/mol. The van der Waals surface area contributed by atoms with Crippen LogP contribution in [0.1, 0.15) is 70.9 Å². The van der Waals surface area contributed by atoms with Crippen LogP contribution in [0.3, 0.4) is 0 Å². The number of nitrogens with one attached hydrogen (secondary N) is 1. The first-order valence-corrected chi connectivity index (χ1v) is 10.4. The minimum Gasteiger partial charge on any atom is -0.417 e. The average Bonchev–Trinajstić information content (AvgIpc) is 3.19. The molecule has 152 valence electrons. The number of pyridine rings is 1. The van der Waals surface area contributed by atoms with Crippen molar-refractivity contribution < 1.29 is 9.21 Å². The van der Waals surface area contributed by atoms with Crippen LogP contribution < -0.4 is 0 Å². The Kier molecular flexibility index (Phi) is 3.77. The summed E-state index contributed by atoms with van der Waals surface area (Å²) in [6, 6.07) is 5.73. The van der Waals surface area contributed by atoms with Gasteiger partial charge in [-0.15, -0.1) is 10.2 Å². The molecule has 9 heteroatoms. The van der Waals surface area contributed by atoms with Gasteiger partial charge in [0.1, 0.15) is 6.04 Å². The molecule has 30 heavy (non-hydrogen) atoms. The van der Waals surface area contributed by atoms with Gasteiger partial charge in [-0.25, -0.2) is 9.50 Å². The Hall–Kier alpha value is -3.49. The SMILES string of the molecule is CCc1cccn2nc(C3c4nc[nH]c4CCN3C(=O)c3nnc(C4CC4)o3)cc12. The standard InChI is InChI=1S/C21H21N7O2/c1-2-12-4-3-8-28-16(12)10-15(26-28)18-17-14(22-11-23-17)7-9-27(18)21(29)20-25-24-19(30-20)13-5-6-13/h3-4,8,10-11,13,18H,2,5-7,9H2,1H3,(H,22,23). The van der Waals surface area contributed by atoms with Crippen molar-refractivity contribution in [3.8, 4) is 0 Å². The quantitative estimate of drug-likeness (QED) is 0.562. The number of carbonyl (C=O) groups excluding carboxylic acids is 1. The summed E-state index contributed by atoms with van der Waals surface area (Å²) in [7, 11) is 0. The van der Waals surface area contributed by atoms with Crippen LogP contribution >= 0.6 is 0 Å². The number of hydrogen-bond donors (Lipinski definition) is 1. The Labute approximate surface area is 172 Å². The molecular weight excluding hydrogens is 382 g/mol. The van der Waals surface area contributed by atoms with Crippen molar-refractivity contribution in [1.29, 1.82) is 0 Å². The second-order valence-electron chi connectivity index (χ2n) is 7.92. The molecular formula is C21H21N7O2. The highest BCUT2D eigenvalue weighted by atomic mass is 16.4. The Bertz CT molecular complexity index is 1250. The largest absolute Gasteiger partial charge is 0.417 e. The van der Waals surface area contributed by atoms with E-state index in [2.05, 4.69) is 39.2 Å². The van der Waals surface area contributed by atoms with Crippen LogP contribution in [0.5, 0.6) is 0 Å². The Balaban J connectivity index is 1.44. The first-order valence-electron chi connectivity index (χ1n) is 10.4. The van der Waals surface area contributed by atoms with E-state index in [9.17, 15) is 4.79 Å². The van der Waals surface area contributed by atoms with Crippen molar-refractivity contribution >= 4 is 11.4 Å². The van der Waals surface area contributed by atoms with Crippen molar-refractivity contribution in [2.24, 2.45) is 0 Å². The van der Waals surface area contributed by atoms with E-state index in [0.29, 0.717) is 24.8 Å². The molecule has 0 saturated heterocycles. The molecule has 0 spiro atoms. The number of aromatic amines is 1. The monoisotopic (exact) mass is 403 g/mol. The smallest absolute Gasteiger partial charge is 0.312 e. The third-order valence-electron chi connectivity index (χ3n) is 6.01. The Morgan fingerprint density at radius 3 is 3.07 bits per heavy atom. The van der Waals surface area contributed by atoms with E-state index < -0.39 is 6.04 Å². The first kappa shape index (κ1) is 17.4. The van der Waals surface area contributed by atoms with Gasteiger partial charge in [0.2, 0.25) is 5.89 Å². The molecule has 1 aliphatic heterocycles. The van der Waals surface area contributed by atoms with Crippen molar-refractivity contribution in [2.75, 3.05) is 6.54 Å². The fraction of sp³-hybridized carbons (Fsp3) is 0.381. The van der Waals surface area contributed by atoms with Crippen molar-refractivity contribution in [3.63, 3.8) is 0 Å². The highest BCUT2D eigenvalue weighted by molar-refractivity contribution is 5.90. The highest BCUT2D eigenvalue weighted by Crippen LogP contribution is 2.39. The molecule has 0 bridgehead atoms. The molecule has 1 aliphatic carbocycles. The summed E-state index contributed by atoms with van der Waals surface area (Å²) < 4.78 is 7.58. The number of fused-ring (bicyclic) bond motifs is 2. The lowest BCUT2D eigenvalue weighted by molar-refractivity contribution is 0.0644. The number of aromatic nitrogens is 6. The maximum atomic E-state index is 13.4. The zero-order chi connectivity index (χ0) is 20.2. The molecule has 1 N–H and O–H groups in total. The third-order valence-corrected chi connectivity index (χ3v) is 6.01. The molecule has 0 radical (unpaired) electrons. The fourth-order valence-corrected chi connectivity index (χ4v) is 4.26. The summed E-state index contributed by atoms with van der Waals surface area (Å²) in [6.45, 7) is 2.64. The van der Waals surface area contributed by atoms with Crippen LogP contribution in [0, 0.1) is 0 Å². The van der Waals surface area contributed by atoms with Gasteiger partial charge in [0.25, 0.3) is 0 Å². The summed E-state index contributed by atoms with van der Waals surface area (Å²) >= 11 is 0. The van der Waals surface area contributed by atoms with Crippen LogP contribution in [-0.4, -0.2) is 47.1 Å². The van der Waals surface area contributed by atoms with E-state index in [1.807, 2.05) is 16.8 Å². The van der Waals surface area contributed by atoms with E-state index in [0.717, 1.165) is 41.9 Å². The Morgan fingerprint density at radius 1 is 1.33 bits per heavy atom. The third kappa shape index (κ3) is 2.65. The zero-order valence-corrected chi connectivity index (χ0v) is 16.6. The van der Waals surface area contributed by atoms with Crippen LogP contribution in [0.2, 0.25) is 0 Å². The van der Waals surface area contributed by atoms with Crippen LogP contribution in [0.25, 0.3) is 5.52 Å². The van der Waals surface area contributed by atoms with Crippen LogP contribution in [0.15, 0.2) is 35.1 Å². The molecule has 0 aromatic carbocycles. The minimum atomic E-state index is -0.409. The second-order valence-corrected chi connectivity index (χ2v) is 7.92. The lowest BCUT2D eigenvalue weighted by Gasteiger charge is -2.32. The number of hydrogen-bond acceptors (Lipinski definition) is 6. The van der Waals surface area contributed by atoms with E-state index >= 15 is 0 Å². The summed E-state index contributed by atoms with van der Waals surface area (Å²) in [5.41, 5.74) is 4.87. The van der Waals surface area contributed by atoms with Gasteiger partial charge >= 0.3 is 11.8 Å². The van der Waals surface area contributed by atoms with E-state index in [1.54, 1.807) is 11.2 Å². The number of amides is 1. The fourth-order valence-electron chi connectivity index (χ4n) is 4.26. The molecule has 2 aliphatic rings. The molecule has 1 saturated carbocycles. The number of carbonyl (C=O) groups is 1. The minimum absolute atomic E-state index is 0.0406. The molecule has 4 aromatic heterocycles. The van der Waals surface area contributed by atoms with Gasteiger partial charge in [0.05, 0.1) is 23.2 Å². The molecule has 5 heterocycles. The zero-order valence-electron chi connectivity index (χ0n) is 16.6. The lowest BCUT2D eigenvalue weighted by Crippen LogP contribution is -2.41. The molecule has 1 unspecified atom stereocenters. The Morgan fingerprint density at radius 2 is 2.23 bits per heavy atom. The van der Waals surface area contributed by atoms with Gasteiger partial charge in [0.15, 0.2) is 0 Å². The van der Waals surface area contributed by atoms with Crippen LogP contribution in [-0.2, 0) is 12.8 Å². The summed E-state index contributed by atoms with van der Waals surface area (Å²) in [6.07, 6.45) is 7.28. The van der Waals surface area contributed by atoms with Crippen molar-refractivity contribution in [3.05, 3.63) is 65.1 Å². The topological polar surface area (TPSA) is 105 Å². The maximum absolute atomic E-state index is 13.4. The summed E-state index contributed by atoms with van der Waals surface area (Å²) in [5.74, 6) is 0.632. The predicted molar refractivity (Wildman–Crippen MR) is 106 cm³/mol. The van der Waals surface area contributed by atoms with Gasteiger partial charge in [-0.3, -0.25) is 4.79 Å². The van der Waals surface area contributed by atoms with E-state index in [-0.39, 0.29) is 11.8 Å². The van der Waals surface area contributed by atoms with Gasteiger partial charge in [-0.1, -0.05) is 13.0 Å². The normalized spacial score (nSPS) is 18.7. The summed E-state index contributed by atoms with van der Waals surface area (Å²) in [5, 5.41) is 12.9. The predicted octanol–water partition coefficient (Wildman–Crippen LogP) is 2.67. The van der Waals surface area contributed by atoms with Crippen molar-refractivity contribution in [1.82, 2.24) is 34.7 Å². The second kappa shape index (κ2) is 6.51. The molecule has 1 amide bonds. The summed E-state index contributed by atoms with van der Waals surface area (Å²) in [4.78, 5) is 22.9. The van der Waals surface area contributed by atoms with Gasteiger partial charge in [-0.2, -0.15) is 5.10 Å². The van der Waals surface area contributed by atoms with Crippen LogP contribution in [0.4, 0.5) is 0 Å². The maximum Gasteiger partial charge on any atom is 0.312 e. The number of rotatable bonds is 4. The van der Waals surface area contributed by atoms with Gasteiger partial charge in [-0.05, 0) is 37.0 Å². The molecule has 1 atom stereocenters. The van der Waals surface area contributed by atoms with Gasteiger partial charge < -0.3 is 14.3 Å². The molecule has 4 aromatic rings. The van der Waals surface area contributed by atoms with E-state index in [4.69, 9.17) is 9.52 Å². The highest BCUT2D eigenvalue weighted by Gasteiger charge is 2.39. The number of aryl methyl sites for hydroxylation is 1. The molecule has 6 rings (SSSR count). The van der Waals surface area contributed by atoms with E-state index in [1.165, 1.54) is 5.56 Å².